The van der Waals surface area contributed by atoms with Gasteiger partial charge in [0.25, 0.3) is 0 Å². The van der Waals surface area contributed by atoms with Gasteiger partial charge in [0.15, 0.2) is 0 Å². The largest absolute Gasteiger partial charge is 0.389 e. The molecule has 0 bridgehead atoms. The monoisotopic (exact) mass is 192 g/mol. The van der Waals surface area contributed by atoms with Crippen LogP contribution in [0.5, 0.6) is 0 Å². The predicted molar refractivity (Wildman–Crippen MR) is 59.8 cm³/mol. The van der Waals surface area contributed by atoms with Gasteiger partial charge in [-0.25, -0.2) is 0 Å². The van der Waals surface area contributed by atoms with Crippen molar-refractivity contribution in [3.8, 4) is 12.3 Å². The molecule has 0 aromatic rings. The van der Waals surface area contributed by atoms with E-state index in [2.05, 4.69) is 19.8 Å². The van der Waals surface area contributed by atoms with Crippen LogP contribution >= 0.6 is 0 Å². The molecule has 1 unspecified atom stereocenters. The zero-order valence-electron chi connectivity index (χ0n) is 9.21. The molecule has 1 rings (SSSR count). The summed E-state index contributed by atoms with van der Waals surface area (Å²) in [6, 6.07) is 0. The Morgan fingerprint density at radius 1 is 1.64 bits per heavy atom. The summed E-state index contributed by atoms with van der Waals surface area (Å²) in [7, 11) is 0. The lowest BCUT2D eigenvalue weighted by atomic mass is 9.75. The molecule has 14 heavy (non-hydrogen) atoms. The van der Waals surface area contributed by atoms with Gasteiger partial charge in [0.1, 0.15) is 0 Å². The summed E-state index contributed by atoms with van der Waals surface area (Å²) < 4.78 is 0. The maximum absolute atomic E-state index is 9.66. The lowest BCUT2D eigenvalue weighted by molar-refractivity contribution is 0.137. The van der Waals surface area contributed by atoms with Gasteiger partial charge in [-0.3, -0.25) is 0 Å². The first-order valence-corrected chi connectivity index (χ1v) is 5.34. The lowest BCUT2D eigenvalue weighted by Crippen LogP contribution is -2.24. The first-order valence-electron chi connectivity index (χ1n) is 5.34. The molecule has 78 valence electrons. The first-order chi connectivity index (χ1) is 6.53. The van der Waals surface area contributed by atoms with Crippen LogP contribution < -0.4 is 0 Å². The van der Waals surface area contributed by atoms with Gasteiger partial charge in [0, 0.05) is 6.42 Å². The van der Waals surface area contributed by atoms with Crippen molar-refractivity contribution >= 4 is 0 Å². The Hall–Kier alpha value is -0.740. The molecule has 0 saturated carbocycles. The number of allylic oxidation sites excluding steroid dienone is 1. The van der Waals surface area contributed by atoms with E-state index in [1.807, 2.05) is 6.08 Å². The first kappa shape index (κ1) is 11.3. The second-order valence-electron chi connectivity index (χ2n) is 5.00. The smallest absolute Gasteiger partial charge is 0.0728 e. The summed E-state index contributed by atoms with van der Waals surface area (Å²) in [6.45, 7) is 4.43. The van der Waals surface area contributed by atoms with E-state index in [1.54, 1.807) is 0 Å². The van der Waals surface area contributed by atoms with Crippen molar-refractivity contribution in [2.24, 2.45) is 5.41 Å². The fraction of sp³-hybridized carbons (Fsp3) is 0.692. The number of hydrogen-bond donors (Lipinski definition) is 1. The predicted octanol–water partition coefficient (Wildman–Crippen LogP) is 2.90. The molecule has 1 heteroatoms. The van der Waals surface area contributed by atoms with Crippen LogP contribution in [0.25, 0.3) is 0 Å². The number of terminal acetylenes is 1. The Kier molecular flexibility index (Phi) is 3.77. The minimum absolute atomic E-state index is 0.250. The third-order valence-electron chi connectivity index (χ3n) is 2.71. The molecule has 1 nitrogen and oxygen atoms in total. The maximum Gasteiger partial charge on any atom is 0.0728 e. The van der Waals surface area contributed by atoms with Crippen molar-refractivity contribution in [2.75, 3.05) is 0 Å². The molecule has 0 fully saturated rings. The van der Waals surface area contributed by atoms with Crippen LogP contribution in [-0.4, -0.2) is 11.2 Å². The van der Waals surface area contributed by atoms with Crippen molar-refractivity contribution in [1.29, 1.82) is 0 Å². The van der Waals surface area contributed by atoms with Crippen molar-refractivity contribution < 1.29 is 5.11 Å². The summed E-state index contributed by atoms with van der Waals surface area (Å²) in [6.07, 6.45) is 11.9. The van der Waals surface area contributed by atoms with E-state index in [4.69, 9.17) is 6.42 Å². The molecule has 0 aromatic heterocycles. The Morgan fingerprint density at radius 2 is 2.36 bits per heavy atom. The topological polar surface area (TPSA) is 20.2 Å². The summed E-state index contributed by atoms with van der Waals surface area (Å²) in [5.41, 5.74) is 1.63. The van der Waals surface area contributed by atoms with E-state index in [-0.39, 0.29) is 11.5 Å². The Morgan fingerprint density at radius 3 is 2.93 bits per heavy atom. The molecule has 1 aliphatic rings. The molecular formula is C13H20O. The molecule has 0 heterocycles. The quantitative estimate of drug-likeness (QED) is 0.414. The number of rotatable bonds is 3. The molecule has 0 aliphatic heterocycles. The van der Waals surface area contributed by atoms with Crippen LogP contribution in [0.15, 0.2) is 11.6 Å². The second-order valence-corrected chi connectivity index (χ2v) is 5.00. The van der Waals surface area contributed by atoms with Crippen molar-refractivity contribution in [2.45, 2.75) is 52.1 Å². The van der Waals surface area contributed by atoms with Crippen LogP contribution in [0.1, 0.15) is 46.0 Å². The van der Waals surface area contributed by atoms with Crippen LogP contribution in [-0.2, 0) is 0 Å². The van der Waals surface area contributed by atoms with E-state index >= 15 is 0 Å². The van der Waals surface area contributed by atoms with E-state index < -0.39 is 0 Å². The average Bonchev–Trinajstić information content (AvgIpc) is 2.00. The second kappa shape index (κ2) is 4.66. The van der Waals surface area contributed by atoms with Gasteiger partial charge in [-0.2, -0.15) is 0 Å². The Labute approximate surface area is 87.2 Å². The van der Waals surface area contributed by atoms with Gasteiger partial charge >= 0.3 is 0 Å². The van der Waals surface area contributed by atoms with Crippen LogP contribution in [0.3, 0.4) is 0 Å². The molecular weight excluding hydrogens is 172 g/mol. The average molecular weight is 192 g/mol. The van der Waals surface area contributed by atoms with Gasteiger partial charge in [0.2, 0.25) is 0 Å². The summed E-state index contributed by atoms with van der Waals surface area (Å²) in [5.74, 6) is 2.65. The number of aliphatic hydroxyl groups is 1. The van der Waals surface area contributed by atoms with E-state index in [0.29, 0.717) is 0 Å². The molecule has 1 aliphatic carbocycles. The fourth-order valence-corrected chi connectivity index (χ4v) is 2.23. The molecule has 1 atom stereocenters. The van der Waals surface area contributed by atoms with Gasteiger partial charge < -0.3 is 5.11 Å². The van der Waals surface area contributed by atoms with Gasteiger partial charge in [-0.1, -0.05) is 25.5 Å². The number of aliphatic hydroxyl groups excluding tert-OH is 1. The van der Waals surface area contributed by atoms with Gasteiger partial charge in [0.05, 0.1) is 6.10 Å². The summed E-state index contributed by atoms with van der Waals surface area (Å²) >= 11 is 0. The van der Waals surface area contributed by atoms with Crippen LogP contribution in [0.2, 0.25) is 0 Å². The van der Waals surface area contributed by atoms with Crippen molar-refractivity contribution in [3.05, 3.63) is 11.6 Å². The molecule has 1 N–H and O–H groups in total. The van der Waals surface area contributed by atoms with Crippen LogP contribution in [0.4, 0.5) is 0 Å². The molecule has 0 aromatic carbocycles. The Balaban J connectivity index is 2.48. The highest BCUT2D eigenvalue weighted by Gasteiger charge is 2.26. The van der Waals surface area contributed by atoms with Gasteiger partial charge in [-0.15, -0.1) is 12.3 Å². The molecule has 0 radical (unpaired) electrons. The highest BCUT2D eigenvalue weighted by molar-refractivity contribution is 5.13. The van der Waals surface area contributed by atoms with E-state index in [0.717, 1.165) is 32.1 Å². The summed E-state index contributed by atoms with van der Waals surface area (Å²) in [4.78, 5) is 0. The SMILES string of the molecule is C#CCCCC1=CC(O)CC(C)(C)C1. The standard InChI is InChI=1S/C13H20O/c1-4-5-6-7-11-8-12(14)10-13(2,3)9-11/h1,8,12,14H,5-7,9-10H2,2-3H3. The van der Waals surface area contributed by atoms with Crippen molar-refractivity contribution in [1.82, 2.24) is 0 Å². The van der Waals surface area contributed by atoms with E-state index in [9.17, 15) is 5.11 Å². The molecule has 0 amide bonds. The van der Waals surface area contributed by atoms with E-state index in [1.165, 1.54) is 5.57 Å². The number of hydrogen-bond acceptors (Lipinski definition) is 1. The van der Waals surface area contributed by atoms with Gasteiger partial charge in [-0.05, 0) is 31.1 Å². The van der Waals surface area contributed by atoms with Crippen molar-refractivity contribution in [3.63, 3.8) is 0 Å². The number of unbranched alkanes of at least 4 members (excludes halogenated alkanes) is 1. The molecule has 0 spiro atoms. The highest BCUT2D eigenvalue weighted by Crippen LogP contribution is 2.36. The maximum atomic E-state index is 9.66. The fourth-order valence-electron chi connectivity index (χ4n) is 2.23. The molecule has 0 saturated heterocycles. The summed E-state index contributed by atoms with van der Waals surface area (Å²) in [5, 5.41) is 9.66. The lowest BCUT2D eigenvalue weighted by Gasteiger charge is -2.32. The normalized spacial score (nSPS) is 25.3. The minimum atomic E-state index is -0.250. The minimum Gasteiger partial charge on any atom is -0.389 e. The Bertz CT molecular complexity index is 255. The zero-order valence-corrected chi connectivity index (χ0v) is 9.21. The third-order valence-corrected chi connectivity index (χ3v) is 2.71. The third kappa shape index (κ3) is 3.55. The highest BCUT2D eigenvalue weighted by atomic mass is 16.3. The van der Waals surface area contributed by atoms with Crippen LogP contribution in [0, 0.1) is 17.8 Å². The zero-order chi connectivity index (χ0) is 10.6.